The lowest BCUT2D eigenvalue weighted by molar-refractivity contribution is 0.165. The lowest BCUT2D eigenvalue weighted by atomic mass is 10.0. The minimum atomic E-state index is -0.522. The number of aryl methyl sites for hydroxylation is 2. The fourth-order valence-corrected chi connectivity index (χ4v) is 3.16. The molecule has 2 heterocycles. The Balaban J connectivity index is 1.78. The summed E-state index contributed by atoms with van der Waals surface area (Å²) in [5, 5.41) is 13.6. The highest BCUT2D eigenvalue weighted by Gasteiger charge is 2.16. The van der Waals surface area contributed by atoms with Gasteiger partial charge in [0.05, 0.1) is 12.4 Å². The molecule has 0 amide bonds. The van der Waals surface area contributed by atoms with Gasteiger partial charge in [-0.2, -0.15) is 0 Å². The molecule has 0 aliphatic heterocycles. The van der Waals surface area contributed by atoms with E-state index in [9.17, 15) is 9.50 Å². The van der Waals surface area contributed by atoms with Crippen molar-refractivity contribution in [1.29, 1.82) is 0 Å². The van der Waals surface area contributed by atoms with Crippen molar-refractivity contribution in [3.8, 4) is 11.4 Å². The van der Waals surface area contributed by atoms with Gasteiger partial charge in [-0.15, -0.1) is 0 Å². The van der Waals surface area contributed by atoms with Gasteiger partial charge < -0.3 is 15.3 Å². The fraction of sp³-hybridized carbons (Fsp3) is 0.238. The van der Waals surface area contributed by atoms with Crippen molar-refractivity contribution in [3.63, 3.8) is 0 Å². The van der Waals surface area contributed by atoms with Gasteiger partial charge in [-0.1, -0.05) is 18.2 Å². The summed E-state index contributed by atoms with van der Waals surface area (Å²) in [6, 6.07) is 7.02. The molecule has 30 heavy (non-hydrogen) atoms. The standard InChI is InChI=1S/C21H22ClFN6O/c1-13-8-20(28-15(3)27-13)24-6-7-29(12-30)14(2)19-9-16(22)4-5-18(19)21-25-10-17(23)11-26-21/h4-5,8-11,30H,2,6-7,12H2,1,3H3,(H,24,27,28). The molecule has 0 aliphatic rings. The van der Waals surface area contributed by atoms with Gasteiger partial charge >= 0.3 is 0 Å². The molecule has 1 aromatic carbocycles. The lowest BCUT2D eigenvalue weighted by Gasteiger charge is -2.26. The molecular formula is C21H22ClFN6O. The summed E-state index contributed by atoms with van der Waals surface area (Å²) in [4.78, 5) is 18.4. The summed E-state index contributed by atoms with van der Waals surface area (Å²) >= 11 is 6.19. The zero-order chi connectivity index (χ0) is 21.7. The van der Waals surface area contributed by atoms with E-state index in [0.717, 1.165) is 18.1 Å². The van der Waals surface area contributed by atoms with Crippen LogP contribution in [0.1, 0.15) is 17.1 Å². The van der Waals surface area contributed by atoms with Gasteiger partial charge in [-0.3, -0.25) is 0 Å². The van der Waals surface area contributed by atoms with E-state index >= 15 is 0 Å². The van der Waals surface area contributed by atoms with Crippen molar-refractivity contribution in [2.45, 2.75) is 13.8 Å². The van der Waals surface area contributed by atoms with Crippen molar-refractivity contribution in [3.05, 3.63) is 71.2 Å². The number of rotatable bonds is 8. The van der Waals surface area contributed by atoms with Gasteiger partial charge in [0.1, 0.15) is 18.4 Å². The second-order valence-electron chi connectivity index (χ2n) is 6.63. The van der Waals surface area contributed by atoms with E-state index in [2.05, 4.69) is 31.8 Å². The summed E-state index contributed by atoms with van der Waals surface area (Å²) < 4.78 is 13.2. The number of benzene rings is 1. The third-order valence-corrected chi connectivity index (χ3v) is 4.60. The van der Waals surface area contributed by atoms with Crippen molar-refractivity contribution in [2.75, 3.05) is 25.1 Å². The number of anilines is 1. The third kappa shape index (κ3) is 5.28. The Hall–Kier alpha value is -3.10. The van der Waals surface area contributed by atoms with Gasteiger partial charge in [0, 0.05) is 46.7 Å². The largest absolute Gasteiger partial charge is 0.376 e. The maximum Gasteiger partial charge on any atom is 0.159 e. The number of aliphatic hydroxyl groups excluding tert-OH is 1. The first-order valence-electron chi connectivity index (χ1n) is 9.26. The minimum absolute atomic E-state index is 0.251. The Kier molecular flexibility index (Phi) is 6.91. The first kappa shape index (κ1) is 21.6. The number of nitrogens with zero attached hydrogens (tertiary/aromatic N) is 5. The molecule has 7 nitrogen and oxygen atoms in total. The van der Waals surface area contributed by atoms with Gasteiger partial charge in [-0.05, 0) is 32.0 Å². The number of nitrogens with one attached hydrogen (secondary N) is 1. The van der Waals surface area contributed by atoms with Crippen LogP contribution in [-0.4, -0.2) is 49.8 Å². The van der Waals surface area contributed by atoms with E-state index in [4.69, 9.17) is 11.6 Å². The van der Waals surface area contributed by atoms with E-state index in [1.165, 1.54) is 0 Å². The fourth-order valence-electron chi connectivity index (χ4n) is 2.99. The van der Waals surface area contributed by atoms with Crippen molar-refractivity contribution in [1.82, 2.24) is 24.8 Å². The highest BCUT2D eigenvalue weighted by molar-refractivity contribution is 6.30. The van der Waals surface area contributed by atoms with E-state index in [1.54, 1.807) is 23.1 Å². The highest BCUT2D eigenvalue weighted by atomic mass is 35.5. The van der Waals surface area contributed by atoms with Crippen LogP contribution in [0.4, 0.5) is 10.2 Å². The highest BCUT2D eigenvalue weighted by Crippen LogP contribution is 2.30. The molecule has 2 aromatic heterocycles. The Labute approximate surface area is 179 Å². The van der Waals surface area contributed by atoms with E-state index in [0.29, 0.717) is 52.4 Å². The molecule has 0 fully saturated rings. The molecule has 0 saturated heterocycles. The van der Waals surface area contributed by atoms with Gasteiger partial charge in [-0.25, -0.2) is 24.3 Å². The molecule has 0 saturated carbocycles. The Morgan fingerprint density at radius 3 is 2.60 bits per heavy atom. The van der Waals surface area contributed by atoms with Gasteiger partial charge in [0.2, 0.25) is 0 Å². The first-order chi connectivity index (χ1) is 14.4. The number of aliphatic hydroxyl groups is 1. The Morgan fingerprint density at radius 1 is 1.20 bits per heavy atom. The van der Waals surface area contributed by atoms with Gasteiger partial charge in [0.15, 0.2) is 11.6 Å². The molecule has 0 bridgehead atoms. The number of hydrogen-bond donors (Lipinski definition) is 2. The van der Waals surface area contributed by atoms with Crippen LogP contribution < -0.4 is 5.32 Å². The van der Waals surface area contributed by atoms with Crippen LogP contribution in [0.15, 0.2) is 43.2 Å². The number of aromatic nitrogens is 4. The number of hydrogen-bond acceptors (Lipinski definition) is 7. The van der Waals surface area contributed by atoms with E-state index in [1.807, 2.05) is 19.9 Å². The molecular weight excluding hydrogens is 407 g/mol. The normalized spacial score (nSPS) is 10.7. The van der Waals surface area contributed by atoms with Crippen LogP contribution in [0.3, 0.4) is 0 Å². The van der Waals surface area contributed by atoms with Gasteiger partial charge in [0.25, 0.3) is 0 Å². The number of halogens is 2. The summed E-state index contributed by atoms with van der Waals surface area (Å²) in [5.41, 5.74) is 2.70. The molecule has 3 rings (SSSR count). The zero-order valence-electron chi connectivity index (χ0n) is 16.7. The second kappa shape index (κ2) is 9.60. The van der Waals surface area contributed by atoms with Crippen LogP contribution in [0.5, 0.6) is 0 Å². The molecule has 0 atom stereocenters. The summed E-state index contributed by atoms with van der Waals surface area (Å²) in [6.45, 7) is 8.57. The van der Waals surface area contributed by atoms with Crippen LogP contribution in [0.2, 0.25) is 5.02 Å². The monoisotopic (exact) mass is 428 g/mol. The Morgan fingerprint density at radius 2 is 1.93 bits per heavy atom. The average molecular weight is 429 g/mol. The topological polar surface area (TPSA) is 87.1 Å². The molecule has 9 heteroatoms. The molecule has 0 radical (unpaired) electrons. The van der Waals surface area contributed by atoms with E-state index < -0.39 is 5.82 Å². The molecule has 156 valence electrons. The molecule has 0 unspecified atom stereocenters. The summed E-state index contributed by atoms with van der Waals surface area (Å²) in [5.74, 6) is 1.22. The van der Waals surface area contributed by atoms with Crippen LogP contribution in [0, 0.1) is 19.7 Å². The SMILES string of the molecule is C=C(c1cc(Cl)ccc1-c1ncc(F)cn1)N(CO)CCNc1cc(C)nc(C)n1. The van der Waals surface area contributed by atoms with E-state index in [-0.39, 0.29) is 6.73 Å². The average Bonchev–Trinajstić information content (AvgIpc) is 2.71. The van der Waals surface area contributed by atoms with Crippen LogP contribution in [0.25, 0.3) is 17.1 Å². The Bertz CT molecular complexity index is 1020. The quantitative estimate of drug-likeness (QED) is 0.529. The van der Waals surface area contributed by atoms with Crippen molar-refractivity contribution >= 4 is 23.1 Å². The van der Waals surface area contributed by atoms with Crippen LogP contribution in [-0.2, 0) is 0 Å². The van der Waals surface area contributed by atoms with Crippen LogP contribution >= 0.6 is 11.6 Å². The molecule has 0 aliphatic carbocycles. The predicted octanol–water partition coefficient (Wildman–Crippen LogP) is 3.68. The van der Waals surface area contributed by atoms with Crippen molar-refractivity contribution < 1.29 is 9.50 Å². The molecule has 0 spiro atoms. The maximum atomic E-state index is 13.2. The maximum absolute atomic E-state index is 13.2. The minimum Gasteiger partial charge on any atom is -0.376 e. The smallest absolute Gasteiger partial charge is 0.159 e. The molecule has 2 N–H and O–H groups in total. The third-order valence-electron chi connectivity index (χ3n) is 4.36. The summed E-state index contributed by atoms with van der Waals surface area (Å²) in [7, 11) is 0. The zero-order valence-corrected chi connectivity index (χ0v) is 17.5. The second-order valence-corrected chi connectivity index (χ2v) is 7.07. The first-order valence-corrected chi connectivity index (χ1v) is 9.64. The lowest BCUT2D eigenvalue weighted by Crippen LogP contribution is -2.29. The van der Waals surface area contributed by atoms with Crippen molar-refractivity contribution in [2.24, 2.45) is 0 Å². The predicted molar refractivity (Wildman–Crippen MR) is 115 cm³/mol. The summed E-state index contributed by atoms with van der Waals surface area (Å²) in [6.07, 6.45) is 2.20. The molecule has 3 aromatic rings.